The first-order valence-electron chi connectivity index (χ1n) is 5.24. The van der Waals surface area contributed by atoms with Crippen molar-refractivity contribution in [3.63, 3.8) is 0 Å². The van der Waals surface area contributed by atoms with Gasteiger partial charge in [0.25, 0.3) is 0 Å². The van der Waals surface area contributed by atoms with E-state index < -0.39 is 17.3 Å². The predicted octanol–water partition coefficient (Wildman–Crippen LogP) is 1.74. The zero-order valence-corrected chi connectivity index (χ0v) is 9.53. The van der Waals surface area contributed by atoms with Crippen molar-refractivity contribution in [1.82, 2.24) is 5.32 Å². The van der Waals surface area contributed by atoms with Gasteiger partial charge >= 0.3 is 5.97 Å². The SMILES string of the molecule is C#CCNC(CC)(C(=O)O)c1cccc(F)c1. The summed E-state index contributed by atoms with van der Waals surface area (Å²) in [5, 5.41) is 12.1. The van der Waals surface area contributed by atoms with Crippen LogP contribution in [-0.4, -0.2) is 17.6 Å². The fourth-order valence-corrected chi connectivity index (χ4v) is 1.74. The first-order chi connectivity index (χ1) is 8.06. The molecule has 0 heterocycles. The average Bonchev–Trinajstić information content (AvgIpc) is 2.30. The third kappa shape index (κ3) is 2.63. The fourth-order valence-electron chi connectivity index (χ4n) is 1.74. The van der Waals surface area contributed by atoms with E-state index in [-0.39, 0.29) is 13.0 Å². The van der Waals surface area contributed by atoms with Gasteiger partial charge in [0.1, 0.15) is 11.4 Å². The first-order valence-corrected chi connectivity index (χ1v) is 5.24. The third-order valence-corrected chi connectivity index (χ3v) is 2.71. The van der Waals surface area contributed by atoms with Gasteiger partial charge < -0.3 is 5.11 Å². The minimum Gasteiger partial charge on any atom is -0.480 e. The second-order valence-electron chi connectivity index (χ2n) is 3.63. The maximum atomic E-state index is 13.2. The molecule has 1 rings (SSSR count). The van der Waals surface area contributed by atoms with Gasteiger partial charge in [0.05, 0.1) is 6.54 Å². The monoisotopic (exact) mass is 235 g/mol. The summed E-state index contributed by atoms with van der Waals surface area (Å²) in [5.41, 5.74) is -0.975. The molecule has 1 aromatic carbocycles. The number of carboxylic acids is 1. The molecular formula is C13H14FNO2. The van der Waals surface area contributed by atoms with Gasteiger partial charge in [-0.15, -0.1) is 6.42 Å². The number of nitrogens with one attached hydrogen (secondary N) is 1. The molecule has 1 unspecified atom stereocenters. The summed E-state index contributed by atoms with van der Waals surface area (Å²) in [5.74, 6) is 0.791. The molecular weight excluding hydrogens is 221 g/mol. The van der Waals surface area contributed by atoms with Crippen LogP contribution in [0.15, 0.2) is 24.3 Å². The highest BCUT2D eigenvalue weighted by atomic mass is 19.1. The van der Waals surface area contributed by atoms with Crippen LogP contribution in [0.25, 0.3) is 0 Å². The topological polar surface area (TPSA) is 49.3 Å². The molecule has 4 heteroatoms. The molecule has 0 aliphatic carbocycles. The Morgan fingerprint density at radius 2 is 2.35 bits per heavy atom. The molecule has 0 saturated carbocycles. The summed E-state index contributed by atoms with van der Waals surface area (Å²) >= 11 is 0. The molecule has 0 aliphatic rings. The normalized spacial score (nSPS) is 13.7. The summed E-state index contributed by atoms with van der Waals surface area (Å²) < 4.78 is 13.2. The highest BCUT2D eigenvalue weighted by molar-refractivity contribution is 5.80. The molecule has 0 aromatic heterocycles. The summed E-state index contributed by atoms with van der Waals surface area (Å²) in [6, 6.07) is 5.54. The van der Waals surface area contributed by atoms with Crippen molar-refractivity contribution in [2.75, 3.05) is 6.54 Å². The van der Waals surface area contributed by atoms with Crippen LogP contribution in [0.1, 0.15) is 18.9 Å². The van der Waals surface area contributed by atoms with E-state index in [9.17, 15) is 14.3 Å². The number of halogens is 1. The van der Waals surface area contributed by atoms with Gasteiger partial charge in [-0.3, -0.25) is 5.32 Å². The van der Waals surface area contributed by atoms with Crippen LogP contribution in [0.3, 0.4) is 0 Å². The van der Waals surface area contributed by atoms with E-state index >= 15 is 0 Å². The van der Waals surface area contributed by atoms with Crippen molar-refractivity contribution in [3.8, 4) is 12.3 Å². The van der Waals surface area contributed by atoms with Crippen molar-refractivity contribution in [2.45, 2.75) is 18.9 Å². The smallest absolute Gasteiger partial charge is 0.328 e. The Balaban J connectivity index is 3.22. The largest absolute Gasteiger partial charge is 0.480 e. The Morgan fingerprint density at radius 3 is 2.82 bits per heavy atom. The van der Waals surface area contributed by atoms with E-state index in [4.69, 9.17) is 6.42 Å². The summed E-state index contributed by atoms with van der Waals surface area (Å²) in [7, 11) is 0. The van der Waals surface area contributed by atoms with Crippen molar-refractivity contribution in [2.24, 2.45) is 0 Å². The van der Waals surface area contributed by atoms with Crippen molar-refractivity contribution in [3.05, 3.63) is 35.6 Å². The van der Waals surface area contributed by atoms with E-state index in [0.717, 1.165) is 0 Å². The van der Waals surface area contributed by atoms with E-state index in [0.29, 0.717) is 5.56 Å². The number of terminal acetylenes is 1. The fraction of sp³-hybridized carbons (Fsp3) is 0.308. The highest BCUT2D eigenvalue weighted by Crippen LogP contribution is 2.25. The van der Waals surface area contributed by atoms with Gasteiger partial charge in [0.15, 0.2) is 0 Å². The Labute approximate surface area is 99.7 Å². The molecule has 1 atom stereocenters. The Morgan fingerprint density at radius 1 is 1.65 bits per heavy atom. The molecule has 1 aromatic rings. The average molecular weight is 235 g/mol. The first kappa shape index (κ1) is 13.2. The number of rotatable bonds is 5. The summed E-state index contributed by atoms with van der Waals surface area (Å²) in [4.78, 5) is 11.4. The molecule has 17 heavy (non-hydrogen) atoms. The lowest BCUT2D eigenvalue weighted by Gasteiger charge is -2.29. The second kappa shape index (κ2) is 5.46. The van der Waals surface area contributed by atoms with Crippen LogP contribution >= 0.6 is 0 Å². The van der Waals surface area contributed by atoms with Crippen molar-refractivity contribution < 1.29 is 14.3 Å². The van der Waals surface area contributed by atoms with Gasteiger partial charge in [0.2, 0.25) is 0 Å². The Bertz CT molecular complexity index is 453. The number of hydrogen-bond donors (Lipinski definition) is 2. The Hall–Kier alpha value is -1.86. The van der Waals surface area contributed by atoms with Crippen LogP contribution in [0.2, 0.25) is 0 Å². The minimum atomic E-state index is -1.34. The van der Waals surface area contributed by atoms with E-state index in [1.807, 2.05) is 0 Å². The van der Waals surface area contributed by atoms with E-state index in [1.54, 1.807) is 13.0 Å². The molecule has 0 fully saturated rings. The van der Waals surface area contributed by atoms with Crippen LogP contribution < -0.4 is 5.32 Å². The molecule has 0 spiro atoms. The second-order valence-corrected chi connectivity index (χ2v) is 3.63. The number of carboxylic acid groups (broad SMARTS) is 1. The number of hydrogen-bond acceptors (Lipinski definition) is 2. The van der Waals surface area contributed by atoms with Gasteiger partial charge in [-0.05, 0) is 24.1 Å². The maximum Gasteiger partial charge on any atom is 0.328 e. The highest BCUT2D eigenvalue weighted by Gasteiger charge is 2.38. The number of carbonyl (C=O) groups is 1. The van der Waals surface area contributed by atoms with Gasteiger partial charge in [-0.2, -0.15) is 0 Å². The molecule has 2 N–H and O–H groups in total. The lowest BCUT2D eigenvalue weighted by Crippen LogP contribution is -2.49. The molecule has 0 radical (unpaired) electrons. The Kier molecular flexibility index (Phi) is 4.24. The van der Waals surface area contributed by atoms with Crippen molar-refractivity contribution in [1.29, 1.82) is 0 Å². The third-order valence-electron chi connectivity index (χ3n) is 2.71. The summed E-state index contributed by atoms with van der Waals surface area (Å²) in [6.07, 6.45) is 5.39. The quantitative estimate of drug-likeness (QED) is 0.764. The minimum absolute atomic E-state index is 0.108. The van der Waals surface area contributed by atoms with Gasteiger partial charge in [-0.1, -0.05) is 25.0 Å². The molecule has 0 amide bonds. The van der Waals surface area contributed by atoms with Crippen LogP contribution in [0, 0.1) is 18.2 Å². The van der Waals surface area contributed by atoms with Crippen LogP contribution in [0.5, 0.6) is 0 Å². The molecule has 0 saturated heterocycles. The lowest BCUT2D eigenvalue weighted by molar-refractivity contribution is -0.145. The number of aliphatic carboxylic acids is 1. The zero-order valence-electron chi connectivity index (χ0n) is 9.53. The standard InChI is InChI=1S/C13H14FNO2/c1-3-8-15-13(4-2,12(16)17)10-6-5-7-11(14)9-10/h1,5-7,9,15H,4,8H2,2H3,(H,16,17). The maximum absolute atomic E-state index is 13.2. The molecule has 90 valence electrons. The van der Waals surface area contributed by atoms with Gasteiger partial charge in [0, 0.05) is 0 Å². The van der Waals surface area contributed by atoms with E-state index in [1.165, 1.54) is 18.2 Å². The molecule has 3 nitrogen and oxygen atoms in total. The zero-order chi connectivity index (χ0) is 12.9. The van der Waals surface area contributed by atoms with Crippen LogP contribution in [-0.2, 0) is 10.3 Å². The molecule has 0 aliphatic heterocycles. The number of benzene rings is 1. The van der Waals surface area contributed by atoms with Crippen LogP contribution in [0.4, 0.5) is 4.39 Å². The lowest BCUT2D eigenvalue weighted by atomic mass is 9.87. The van der Waals surface area contributed by atoms with Crippen molar-refractivity contribution >= 4 is 5.97 Å². The summed E-state index contributed by atoms with van der Waals surface area (Å²) in [6.45, 7) is 1.82. The molecule has 0 bridgehead atoms. The predicted molar refractivity (Wildman–Crippen MR) is 62.8 cm³/mol. The van der Waals surface area contributed by atoms with E-state index in [2.05, 4.69) is 11.2 Å². The van der Waals surface area contributed by atoms with Gasteiger partial charge in [-0.25, -0.2) is 9.18 Å².